The van der Waals surface area contributed by atoms with Crippen LogP contribution >= 0.6 is 15.9 Å². The Morgan fingerprint density at radius 3 is 2.89 bits per heavy atom. The van der Waals surface area contributed by atoms with Gasteiger partial charge >= 0.3 is 0 Å². The summed E-state index contributed by atoms with van der Waals surface area (Å²) in [6, 6.07) is 11.0. The molecule has 0 aliphatic rings. The monoisotopic (exact) mass is 306 g/mol. The van der Waals surface area contributed by atoms with Crippen molar-refractivity contribution in [3.8, 4) is 0 Å². The zero-order valence-corrected chi connectivity index (χ0v) is 12.4. The number of nitrogens with one attached hydrogen (secondary N) is 1. The SMILES string of the molecule is CC(CBr)C(C)NCc1ccc2ncccc2c1. The van der Waals surface area contributed by atoms with Crippen molar-refractivity contribution in [3.63, 3.8) is 0 Å². The van der Waals surface area contributed by atoms with Crippen LogP contribution < -0.4 is 5.32 Å². The molecule has 0 amide bonds. The summed E-state index contributed by atoms with van der Waals surface area (Å²) in [4.78, 5) is 4.33. The van der Waals surface area contributed by atoms with E-state index in [0.29, 0.717) is 12.0 Å². The quantitative estimate of drug-likeness (QED) is 0.851. The van der Waals surface area contributed by atoms with Gasteiger partial charge < -0.3 is 5.32 Å². The molecule has 0 fully saturated rings. The molecule has 2 atom stereocenters. The van der Waals surface area contributed by atoms with Crippen molar-refractivity contribution in [3.05, 3.63) is 42.1 Å². The first-order valence-electron chi connectivity index (χ1n) is 6.33. The fraction of sp³-hybridized carbons (Fsp3) is 0.400. The lowest BCUT2D eigenvalue weighted by Crippen LogP contribution is -2.32. The van der Waals surface area contributed by atoms with Crippen LogP contribution in [0.2, 0.25) is 0 Å². The van der Waals surface area contributed by atoms with Gasteiger partial charge in [0.15, 0.2) is 0 Å². The van der Waals surface area contributed by atoms with Crippen LogP contribution in [0.25, 0.3) is 10.9 Å². The van der Waals surface area contributed by atoms with Gasteiger partial charge in [-0.3, -0.25) is 4.98 Å². The van der Waals surface area contributed by atoms with Crippen LogP contribution in [0.4, 0.5) is 0 Å². The molecule has 1 aromatic carbocycles. The molecule has 0 aliphatic heterocycles. The Kier molecular flexibility index (Phi) is 4.72. The van der Waals surface area contributed by atoms with Crippen molar-refractivity contribution in [1.82, 2.24) is 10.3 Å². The van der Waals surface area contributed by atoms with Gasteiger partial charge in [0, 0.05) is 29.5 Å². The number of rotatable bonds is 5. The highest BCUT2D eigenvalue weighted by molar-refractivity contribution is 9.09. The normalized spacial score (nSPS) is 14.6. The van der Waals surface area contributed by atoms with Crippen molar-refractivity contribution in [2.24, 2.45) is 5.92 Å². The lowest BCUT2D eigenvalue weighted by molar-refractivity contribution is 0.433. The molecule has 0 saturated carbocycles. The number of fused-ring (bicyclic) bond motifs is 1. The average molecular weight is 307 g/mol. The minimum Gasteiger partial charge on any atom is -0.310 e. The lowest BCUT2D eigenvalue weighted by Gasteiger charge is -2.19. The summed E-state index contributed by atoms with van der Waals surface area (Å²) in [5.41, 5.74) is 2.37. The van der Waals surface area contributed by atoms with Crippen molar-refractivity contribution in [2.45, 2.75) is 26.4 Å². The average Bonchev–Trinajstić information content (AvgIpc) is 2.43. The Bertz CT molecular complexity index is 513. The zero-order chi connectivity index (χ0) is 13.0. The molecule has 2 rings (SSSR count). The van der Waals surface area contributed by atoms with E-state index in [-0.39, 0.29) is 0 Å². The first-order valence-corrected chi connectivity index (χ1v) is 7.46. The van der Waals surface area contributed by atoms with Crippen LogP contribution in [0.3, 0.4) is 0 Å². The molecule has 3 heteroatoms. The second-order valence-corrected chi connectivity index (χ2v) is 5.48. The highest BCUT2D eigenvalue weighted by Crippen LogP contribution is 2.14. The maximum atomic E-state index is 4.33. The molecule has 0 saturated heterocycles. The largest absolute Gasteiger partial charge is 0.310 e. The molecule has 2 unspecified atom stereocenters. The van der Waals surface area contributed by atoms with E-state index in [1.165, 1.54) is 10.9 Å². The maximum absolute atomic E-state index is 4.33. The van der Waals surface area contributed by atoms with Crippen LogP contribution in [0.5, 0.6) is 0 Å². The highest BCUT2D eigenvalue weighted by Gasteiger charge is 2.09. The number of benzene rings is 1. The van der Waals surface area contributed by atoms with Crippen LogP contribution in [0.15, 0.2) is 36.5 Å². The van der Waals surface area contributed by atoms with Gasteiger partial charge in [-0.25, -0.2) is 0 Å². The van der Waals surface area contributed by atoms with Crippen LogP contribution in [0.1, 0.15) is 19.4 Å². The van der Waals surface area contributed by atoms with Crippen molar-refractivity contribution in [2.75, 3.05) is 5.33 Å². The molecule has 0 spiro atoms. The molecule has 18 heavy (non-hydrogen) atoms. The summed E-state index contributed by atoms with van der Waals surface area (Å²) < 4.78 is 0. The molecule has 0 aliphatic carbocycles. The maximum Gasteiger partial charge on any atom is 0.0702 e. The Labute approximate surface area is 117 Å². The predicted octanol–water partition coefficient (Wildman–Crippen LogP) is 3.74. The summed E-state index contributed by atoms with van der Waals surface area (Å²) >= 11 is 3.53. The number of nitrogens with zero attached hydrogens (tertiary/aromatic N) is 1. The van der Waals surface area contributed by atoms with E-state index in [2.05, 4.69) is 64.3 Å². The Hall–Kier alpha value is -0.930. The van der Waals surface area contributed by atoms with Gasteiger partial charge in [-0.1, -0.05) is 35.0 Å². The second-order valence-electron chi connectivity index (χ2n) is 4.83. The van der Waals surface area contributed by atoms with Crippen LogP contribution in [-0.4, -0.2) is 16.4 Å². The van der Waals surface area contributed by atoms with Crippen molar-refractivity contribution >= 4 is 26.8 Å². The third-order valence-corrected chi connectivity index (χ3v) is 4.41. The first kappa shape index (κ1) is 13.5. The van der Waals surface area contributed by atoms with E-state index in [4.69, 9.17) is 0 Å². The van der Waals surface area contributed by atoms with E-state index >= 15 is 0 Å². The molecule has 0 radical (unpaired) electrons. The van der Waals surface area contributed by atoms with E-state index in [0.717, 1.165) is 17.4 Å². The van der Waals surface area contributed by atoms with Gasteiger partial charge in [0.05, 0.1) is 5.52 Å². The predicted molar refractivity (Wildman–Crippen MR) is 81.0 cm³/mol. The fourth-order valence-corrected chi connectivity index (χ4v) is 2.41. The highest BCUT2D eigenvalue weighted by atomic mass is 79.9. The number of pyridine rings is 1. The van der Waals surface area contributed by atoms with Gasteiger partial charge in [-0.15, -0.1) is 0 Å². The molecule has 1 aromatic heterocycles. The van der Waals surface area contributed by atoms with E-state index < -0.39 is 0 Å². The standard InChI is InChI=1S/C15H19BrN2/c1-11(9-16)12(2)18-10-13-5-6-15-14(8-13)4-3-7-17-15/h3-8,11-12,18H,9-10H2,1-2H3. The van der Waals surface area contributed by atoms with E-state index in [1.54, 1.807) is 0 Å². The van der Waals surface area contributed by atoms with Crippen LogP contribution in [0, 0.1) is 5.92 Å². The van der Waals surface area contributed by atoms with Gasteiger partial charge in [0.2, 0.25) is 0 Å². The number of aromatic nitrogens is 1. The lowest BCUT2D eigenvalue weighted by atomic mass is 10.1. The Balaban J connectivity index is 2.04. The molecule has 2 aromatic rings. The molecule has 1 heterocycles. The fourth-order valence-electron chi connectivity index (χ4n) is 1.85. The summed E-state index contributed by atoms with van der Waals surface area (Å²) in [6.45, 7) is 5.38. The van der Waals surface area contributed by atoms with Crippen LogP contribution in [-0.2, 0) is 6.54 Å². The first-order chi connectivity index (χ1) is 8.70. The summed E-state index contributed by atoms with van der Waals surface area (Å²) in [7, 11) is 0. The Morgan fingerprint density at radius 2 is 2.11 bits per heavy atom. The van der Waals surface area contributed by atoms with Crippen molar-refractivity contribution in [1.29, 1.82) is 0 Å². The third kappa shape index (κ3) is 3.30. The van der Waals surface area contributed by atoms with Gasteiger partial charge in [-0.05, 0) is 36.6 Å². The minimum absolute atomic E-state index is 0.508. The minimum atomic E-state index is 0.508. The van der Waals surface area contributed by atoms with E-state index in [9.17, 15) is 0 Å². The molecule has 96 valence electrons. The summed E-state index contributed by atoms with van der Waals surface area (Å²) in [6.07, 6.45) is 1.83. The molecule has 1 N–H and O–H groups in total. The Morgan fingerprint density at radius 1 is 1.28 bits per heavy atom. The van der Waals surface area contributed by atoms with Gasteiger partial charge in [0.25, 0.3) is 0 Å². The summed E-state index contributed by atoms with van der Waals surface area (Å²) in [5.74, 6) is 0.632. The molecule has 2 nitrogen and oxygen atoms in total. The third-order valence-electron chi connectivity index (χ3n) is 3.39. The topological polar surface area (TPSA) is 24.9 Å². The number of alkyl halides is 1. The van der Waals surface area contributed by atoms with Crippen molar-refractivity contribution < 1.29 is 0 Å². The zero-order valence-electron chi connectivity index (χ0n) is 10.9. The number of halogens is 1. The summed E-state index contributed by atoms with van der Waals surface area (Å²) in [5, 5.41) is 5.80. The second kappa shape index (κ2) is 6.30. The smallest absolute Gasteiger partial charge is 0.0702 e. The molecular formula is C15H19BrN2. The molecular weight excluding hydrogens is 288 g/mol. The van der Waals surface area contributed by atoms with Gasteiger partial charge in [-0.2, -0.15) is 0 Å². The van der Waals surface area contributed by atoms with E-state index in [1.807, 2.05) is 12.3 Å². The molecule has 0 bridgehead atoms. The number of hydrogen-bond acceptors (Lipinski definition) is 2. The number of hydrogen-bond donors (Lipinski definition) is 1. The van der Waals surface area contributed by atoms with Gasteiger partial charge in [0.1, 0.15) is 0 Å².